The molecule has 1 aromatic rings. The standard InChI is InChI=1S/C14H18ClIN2O2/c15-12-8-10(3-4-13(12)16)14(20)18(6-7-19)9-11-2-1-5-17-11/h3-4,8,11,17,19H,1-2,5-7,9H2. The summed E-state index contributed by atoms with van der Waals surface area (Å²) in [5.41, 5.74) is 0.571. The monoisotopic (exact) mass is 408 g/mol. The number of nitrogens with one attached hydrogen (secondary N) is 1. The SMILES string of the molecule is O=C(c1ccc(I)c(Cl)c1)N(CCO)CC1CCCN1. The molecule has 2 N–H and O–H groups in total. The zero-order chi connectivity index (χ0) is 14.5. The number of hydrogen-bond acceptors (Lipinski definition) is 3. The number of aliphatic hydroxyl groups is 1. The first kappa shape index (κ1) is 16.0. The van der Waals surface area contributed by atoms with E-state index in [0.717, 1.165) is 23.0 Å². The topological polar surface area (TPSA) is 52.6 Å². The number of benzene rings is 1. The van der Waals surface area contributed by atoms with E-state index in [1.807, 2.05) is 6.07 Å². The summed E-state index contributed by atoms with van der Waals surface area (Å²) >= 11 is 8.20. The molecule has 1 aromatic carbocycles. The van der Waals surface area contributed by atoms with Crippen LogP contribution in [0.1, 0.15) is 23.2 Å². The summed E-state index contributed by atoms with van der Waals surface area (Å²) in [6.07, 6.45) is 2.21. The van der Waals surface area contributed by atoms with E-state index in [9.17, 15) is 4.79 Å². The van der Waals surface area contributed by atoms with Crippen molar-refractivity contribution >= 4 is 40.1 Å². The third kappa shape index (κ3) is 4.07. The molecule has 0 aliphatic carbocycles. The summed E-state index contributed by atoms with van der Waals surface area (Å²) in [7, 11) is 0. The molecule has 20 heavy (non-hydrogen) atoms. The van der Waals surface area contributed by atoms with Gasteiger partial charge in [-0.05, 0) is 60.2 Å². The van der Waals surface area contributed by atoms with Crippen molar-refractivity contribution in [1.29, 1.82) is 0 Å². The molecule has 1 aliphatic rings. The number of amides is 1. The van der Waals surface area contributed by atoms with E-state index < -0.39 is 0 Å². The molecule has 1 fully saturated rings. The third-order valence-electron chi connectivity index (χ3n) is 3.43. The van der Waals surface area contributed by atoms with Crippen molar-refractivity contribution in [1.82, 2.24) is 10.2 Å². The minimum absolute atomic E-state index is 0.0312. The van der Waals surface area contributed by atoms with E-state index in [2.05, 4.69) is 27.9 Å². The van der Waals surface area contributed by atoms with Crippen molar-refractivity contribution in [2.45, 2.75) is 18.9 Å². The van der Waals surface area contributed by atoms with Crippen LogP contribution in [-0.4, -0.2) is 48.2 Å². The van der Waals surface area contributed by atoms with Gasteiger partial charge in [-0.2, -0.15) is 0 Å². The third-order valence-corrected chi connectivity index (χ3v) is 5.00. The molecule has 1 heterocycles. The van der Waals surface area contributed by atoms with E-state index in [-0.39, 0.29) is 12.5 Å². The lowest BCUT2D eigenvalue weighted by Crippen LogP contribution is -2.42. The molecule has 1 unspecified atom stereocenters. The second-order valence-corrected chi connectivity index (χ2v) is 6.47. The van der Waals surface area contributed by atoms with Crippen molar-refractivity contribution in [3.8, 4) is 0 Å². The highest BCUT2D eigenvalue weighted by Gasteiger charge is 2.22. The number of carbonyl (C=O) groups excluding carboxylic acids is 1. The number of hydrogen-bond donors (Lipinski definition) is 2. The molecule has 110 valence electrons. The van der Waals surface area contributed by atoms with Gasteiger partial charge in [0.05, 0.1) is 11.6 Å². The summed E-state index contributed by atoms with van der Waals surface area (Å²) in [5, 5.41) is 13.1. The fourth-order valence-corrected chi connectivity index (χ4v) is 2.90. The Morgan fingerprint density at radius 3 is 2.95 bits per heavy atom. The molecule has 0 radical (unpaired) electrons. The molecular formula is C14H18ClIN2O2. The molecule has 0 saturated carbocycles. The van der Waals surface area contributed by atoms with Crippen molar-refractivity contribution in [3.05, 3.63) is 32.4 Å². The first-order valence-electron chi connectivity index (χ1n) is 6.70. The number of aliphatic hydroxyl groups excluding tert-OH is 1. The first-order chi connectivity index (χ1) is 9.61. The molecule has 1 aliphatic heterocycles. The lowest BCUT2D eigenvalue weighted by atomic mass is 10.1. The highest BCUT2D eigenvalue weighted by Crippen LogP contribution is 2.20. The minimum Gasteiger partial charge on any atom is -0.395 e. The molecule has 2 rings (SSSR count). The lowest BCUT2D eigenvalue weighted by molar-refractivity contribution is 0.0706. The quantitative estimate of drug-likeness (QED) is 0.734. The number of carbonyl (C=O) groups is 1. The van der Waals surface area contributed by atoms with Crippen LogP contribution in [0.5, 0.6) is 0 Å². The first-order valence-corrected chi connectivity index (χ1v) is 8.16. The van der Waals surface area contributed by atoms with Gasteiger partial charge in [0.1, 0.15) is 0 Å². The average molecular weight is 409 g/mol. The summed E-state index contributed by atoms with van der Waals surface area (Å²) in [6, 6.07) is 5.63. The van der Waals surface area contributed by atoms with Gasteiger partial charge in [0.2, 0.25) is 0 Å². The van der Waals surface area contributed by atoms with E-state index >= 15 is 0 Å². The van der Waals surface area contributed by atoms with Gasteiger partial charge in [-0.15, -0.1) is 0 Å². The molecule has 4 nitrogen and oxygen atoms in total. The van der Waals surface area contributed by atoms with Gasteiger partial charge < -0.3 is 15.3 Å². The smallest absolute Gasteiger partial charge is 0.254 e. The lowest BCUT2D eigenvalue weighted by Gasteiger charge is -2.25. The van der Waals surface area contributed by atoms with E-state index in [1.54, 1.807) is 17.0 Å². The Balaban J connectivity index is 2.10. The molecular weight excluding hydrogens is 391 g/mol. The maximum absolute atomic E-state index is 12.5. The Morgan fingerprint density at radius 2 is 2.35 bits per heavy atom. The second kappa shape index (κ2) is 7.59. The average Bonchev–Trinajstić information content (AvgIpc) is 2.93. The maximum atomic E-state index is 12.5. The van der Waals surface area contributed by atoms with Crippen LogP contribution in [0.4, 0.5) is 0 Å². The molecule has 1 saturated heterocycles. The van der Waals surface area contributed by atoms with Crippen LogP contribution in [0, 0.1) is 3.57 Å². The predicted octanol–water partition coefficient (Wildman–Crippen LogP) is 2.13. The number of nitrogens with zero attached hydrogens (tertiary/aromatic N) is 1. The van der Waals surface area contributed by atoms with Crippen LogP contribution < -0.4 is 5.32 Å². The largest absolute Gasteiger partial charge is 0.395 e. The zero-order valence-corrected chi connectivity index (χ0v) is 14.0. The Labute approximate surface area is 137 Å². The van der Waals surface area contributed by atoms with Crippen LogP contribution in [-0.2, 0) is 0 Å². The van der Waals surface area contributed by atoms with Crippen LogP contribution in [0.2, 0.25) is 5.02 Å². The normalized spacial score (nSPS) is 18.2. The van der Waals surface area contributed by atoms with Crippen molar-refractivity contribution in [2.24, 2.45) is 0 Å². The summed E-state index contributed by atoms with van der Waals surface area (Å²) in [5.74, 6) is -0.0777. The van der Waals surface area contributed by atoms with Gasteiger partial charge >= 0.3 is 0 Å². The predicted molar refractivity (Wildman–Crippen MR) is 88.2 cm³/mol. The van der Waals surface area contributed by atoms with Gasteiger partial charge in [0.15, 0.2) is 0 Å². The summed E-state index contributed by atoms with van der Waals surface area (Å²) in [6.45, 7) is 1.95. The Morgan fingerprint density at radius 1 is 1.55 bits per heavy atom. The number of halogens is 2. The fraction of sp³-hybridized carbons (Fsp3) is 0.500. The molecule has 0 aromatic heterocycles. The Bertz CT molecular complexity index is 478. The minimum atomic E-state index is -0.0777. The van der Waals surface area contributed by atoms with Crippen LogP contribution in [0.3, 0.4) is 0 Å². The van der Waals surface area contributed by atoms with Crippen molar-refractivity contribution in [2.75, 3.05) is 26.2 Å². The Kier molecular flexibility index (Phi) is 6.07. The molecule has 0 bridgehead atoms. The Hall–Kier alpha value is -0.370. The van der Waals surface area contributed by atoms with Gasteiger partial charge in [-0.3, -0.25) is 4.79 Å². The molecule has 1 amide bonds. The summed E-state index contributed by atoms with van der Waals surface area (Å²) < 4.78 is 0.923. The van der Waals surface area contributed by atoms with Crippen LogP contribution >= 0.6 is 34.2 Å². The molecule has 6 heteroatoms. The van der Waals surface area contributed by atoms with E-state index in [0.29, 0.717) is 29.7 Å². The van der Waals surface area contributed by atoms with Gasteiger partial charge in [0, 0.05) is 28.3 Å². The summed E-state index contributed by atoms with van der Waals surface area (Å²) in [4.78, 5) is 14.2. The number of rotatable bonds is 5. The van der Waals surface area contributed by atoms with Crippen molar-refractivity contribution < 1.29 is 9.90 Å². The van der Waals surface area contributed by atoms with E-state index in [1.165, 1.54) is 0 Å². The van der Waals surface area contributed by atoms with E-state index in [4.69, 9.17) is 16.7 Å². The molecule has 0 spiro atoms. The van der Waals surface area contributed by atoms with Gasteiger partial charge in [0.25, 0.3) is 5.91 Å². The van der Waals surface area contributed by atoms with Gasteiger partial charge in [-0.1, -0.05) is 11.6 Å². The van der Waals surface area contributed by atoms with Crippen LogP contribution in [0.25, 0.3) is 0 Å². The maximum Gasteiger partial charge on any atom is 0.254 e. The highest BCUT2D eigenvalue weighted by molar-refractivity contribution is 14.1. The molecule has 1 atom stereocenters. The van der Waals surface area contributed by atoms with Crippen LogP contribution in [0.15, 0.2) is 18.2 Å². The van der Waals surface area contributed by atoms with Crippen molar-refractivity contribution in [3.63, 3.8) is 0 Å². The van der Waals surface area contributed by atoms with Gasteiger partial charge in [-0.25, -0.2) is 0 Å². The zero-order valence-electron chi connectivity index (χ0n) is 11.1. The second-order valence-electron chi connectivity index (χ2n) is 4.90. The fourth-order valence-electron chi connectivity index (χ4n) is 2.39. The highest BCUT2D eigenvalue weighted by atomic mass is 127.